The van der Waals surface area contributed by atoms with E-state index < -0.39 is 22.3 Å². The summed E-state index contributed by atoms with van der Waals surface area (Å²) >= 11 is 0. The Morgan fingerprint density at radius 3 is 2.44 bits per heavy atom. The molecular weight excluding hydrogens is 480 g/mol. The van der Waals surface area contributed by atoms with Crippen LogP contribution in [0.4, 0.5) is 0 Å². The predicted molar refractivity (Wildman–Crippen MR) is 138 cm³/mol. The normalized spacial score (nSPS) is 26.8. The topological polar surface area (TPSA) is 88.1 Å². The first-order valence-corrected chi connectivity index (χ1v) is 14.5. The van der Waals surface area contributed by atoms with Gasteiger partial charge in [0, 0.05) is 0 Å². The van der Waals surface area contributed by atoms with Crippen LogP contribution in [-0.2, 0) is 33.3 Å². The minimum Gasteiger partial charge on any atom is -0.461 e. The molecule has 0 amide bonds. The second-order valence-corrected chi connectivity index (χ2v) is 12.1. The van der Waals surface area contributed by atoms with Gasteiger partial charge in [0.2, 0.25) is 0 Å². The Kier molecular flexibility index (Phi) is 10.1. The van der Waals surface area contributed by atoms with Gasteiger partial charge in [-0.1, -0.05) is 36.8 Å². The third-order valence-electron chi connectivity index (χ3n) is 6.85. The van der Waals surface area contributed by atoms with Crippen molar-refractivity contribution >= 4 is 16.1 Å². The Labute approximate surface area is 216 Å². The van der Waals surface area contributed by atoms with Gasteiger partial charge < -0.3 is 14.2 Å². The van der Waals surface area contributed by atoms with Crippen molar-refractivity contribution in [2.75, 3.05) is 6.61 Å². The molecule has 36 heavy (non-hydrogen) atoms. The summed E-state index contributed by atoms with van der Waals surface area (Å²) in [5, 5.41) is 0. The minimum atomic E-state index is -3.88. The van der Waals surface area contributed by atoms with Gasteiger partial charge in [-0.2, -0.15) is 8.42 Å². The average molecular weight is 523 g/mol. The maximum absolute atomic E-state index is 12.9. The van der Waals surface area contributed by atoms with E-state index in [9.17, 15) is 13.2 Å². The molecule has 1 fully saturated rings. The Morgan fingerprint density at radius 2 is 1.78 bits per heavy atom. The SMILES string of the molecule is Cc1cc(C)c(S(=O)(=O)OCC2C=CCC(CCCC3OC(C(=O)OC(C)C)CCC3C)O2)c(C)c1. The van der Waals surface area contributed by atoms with Crippen molar-refractivity contribution in [3.8, 4) is 0 Å². The van der Waals surface area contributed by atoms with Crippen LogP contribution in [0.25, 0.3) is 0 Å². The van der Waals surface area contributed by atoms with E-state index in [1.54, 1.807) is 13.8 Å². The van der Waals surface area contributed by atoms with Crippen molar-refractivity contribution < 1.29 is 31.6 Å². The highest BCUT2D eigenvalue weighted by molar-refractivity contribution is 7.86. The molecule has 2 aliphatic heterocycles. The van der Waals surface area contributed by atoms with E-state index in [1.807, 2.05) is 45.1 Å². The van der Waals surface area contributed by atoms with E-state index in [1.165, 1.54) is 0 Å². The van der Waals surface area contributed by atoms with Gasteiger partial charge in [-0.05, 0) is 90.2 Å². The van der Waals surface area contributed by atoms with Crippen LogP contribution in [0.2, 0.25) is 0 Å². The lowest BCUT2D eigenvalue weighted by molar-refractivity contribution is -0.173. The monoisotopic (exact) mass is 522 g/mol. The van der Waals surface area contributed by atoms with Gasteiger partial charge in [-0.25, -0.2) is 4.79 Å². The van der Waals surface area contributed by atoms with Gasteiger partial charge >= 0.3 is 5.97 Å². The maximum Gasteiger partial charge on any atom is 0.335 e. The Bertz CT molecular complexity index is 1010. The van der Waals surface area contributed by atoms with Gasteiger partial charge in [-0.3, -0.25) is 4.18 Å². The zero-order valence-corrected chi connectivity index (χ0v) is 23.3. The summed E-state index contributed by atoms with van der Waals surface area (Å²) in [6, 6.07) is 3.70. The van der Waals surface area contributed by atoms with Crippen molar-refractivity contribution in [3.63, 3.8) is 0 Å². The Hall–Kier alpha value is -1.74. The number of carbonyl (C=O) groups excluding carboxylic acids is 1. The molecular formula is C28H42O7S. The fourth-order valence-corrected chi connectivity index (χ4v) is 6.52. The van der Waals surface area contributed by atoms with Gasteiger partial charge in [0.15, 0.2) is 6.10 Å². The number of hydrogen-bond donors (Lipinski definition) is 0. The van der Waals surface area contributed by atoms with Crippen LogP contribution in [0.3, 0.4) is 0 Å². The lowest BCUT2D eigenvalue weighted by atomic mass is 9.89. The molecule has 1 aromatic carbocycles. The lowest BCUT2D eigenvalue weighted by Crippen LogP contribution is -2.40. The van der Waals surface area contributed by atoms with Crippen LogP contribution in [0.15, 0.2) is 29.2 Å². The minimum absolute atomic E-state index is 0.00486. The zero-order chi connectivity index (χ0) is 26.5. The fourth-order valence-electron chi connectivity index (χ4n) is 5.18. The number of aryl methyl sites for hydroxylation is 3. The summed E-state index contributed by atoms with van der Waals surface area (Å²) in [6.45, 7) is 11.3. The summed E-state index contributed by atoms with van der Waals surface area (Å²) < 4.78 is 48.7. The van der Waals surface area contributed by atoms with Crippen LogP contribution < -0.4 is 0 Å². The first-order valence-electron chi connectivity index (χ1n) is 13.1. The van der Waals surface area contributed by atoms with Gasteiger partial charge in [0.05, 0.1) is 29.8 Å². The number of esters is 1. The number of benzene rings is 1. The van der Waals surface area contributed by atoms with Crippen molar-refractivity contribution in [2.24, 2.45) is 5.92 Å². The molecule has 0 aliphatic carbocycles. The summed E-state index contributed by atoms with van der Waals surface area (Å²) in [5.74, 6) is 0.122. The molecule has 2 heterocycles. The highest BCUT2D eigenvalue weighted by Crippen LogP contribution is 2.30. The molecule has 0 spiro atoms. The molecule has 2 aliphatic rings. The van der Waals surface area contributed by atoms with E-state index in [0.29, 0.717) is 23.5 Å². The van der Waals surface area contributed by atoms with Crippen molar-refractivity contribution in [1.29, 1.82) is 0 Å². The van der Waals surface area contributed by atoms with Crippen LogP contribution in [0.5, 0.6) is 0 Å². The quantitative estimate of drug-likeness (QED) is 0.233. The van der Waals surface area contributed by atoms with E-state index in [4.69, 9.17) is 18.4 Å². The summed E-state index contributed by atoms with van der Waals surface area (Å²) in [5.41, 5.74) is 2.39. The van der Waals surface area contributed by atoms with Crippen LogP contribution in [-0.4, -0.2) is 51.5 Å². The molecule has 0 aromatic heterocycles. The molecule has 8 heteroatoms. The molecule has 1 saturated heterocycles. The van der Waals surface area contributed by atoms with Crippen LogP contribution in [0.1, 0.15) is 76.0 Å². The molecule has 0 N–H and O–H groups in total. The third-order valence-corrected chi connectivity index (χ3v) is 8.44. The molecule has 0 bridgehead atoms. The predicted octanol–water partition coefficient (Wildman–Crippen LogP) is 5.34. The van der Waals surface area contributed by atoms with E-state index in [2.05, 4.69) is 6.92 Å². The smallest absolute Gasteiger partial charge is 0.335 e. The fraction of sp³-hybridized carbons (Fsp3) is 0.679. The van der Waals surface area contributed by atoms with E-state index >= 15 is 0 Å². The first-order chi connectivity index (χ1) is 17.0. The third kappa shape index (κ3) is 7.88. The maximum atomic E-state index is 12.9. The molecule has 5 unspecified atom stereocenters. The number of ether oxygens (including phenoxy) is 3. The summed E-state index contributed by atoms with van der Waals surface area (Å²) in [6.07, 6.45) is 7.88. The second kappa shape index (κ2) is 12.7. The Balaban J connectivity index is 1.47. The number of rotatable bonds is 10. The molecule has 3 rings (SSSR count). The summed E-state index contributed by atoms with van der Waals surface area (Å²) in [7, 11) is -3.88. The standard InChI is InChI=1S/C28H42O7S/c1-18(2)33-28(29)26-14-13-20(4)25(35-26)12-8-10-23-9-7-11-24(34-23)17-32-36(30,31)27-21(5)15-19(3)16-22(27)6/h7,11,15-16,18,20,23-26H,8-10,12-14,17H2,1-6H3. The van der Waals surface area contributed by atoms with Crippen molar-refractivity contribution in [1.82, 2.24) is 0 Å². The zero-order valence-electron chi connectivity index (χ0n) is 22.5. The van der Waals surface area contributed by atoms with Crippen molar-refractivity contribution in [3.05, 3.63) is 41.0 Å². The van der Waals surface area contributed by atoms with Gasteiger partial charge in [-0.15, -0.1) is 0 Å². The highest BCUT2D eigenvalue weighted by atomic mass is 32.2. The van der Waals surface area contributed by atoms with Crippen LogP contribution in [0, 0.1) is 26.7 Å². The molecule has 0 radical (unpaired) electrons. The summed E-state index contributed by atoms with van der Waals surface area (Å²) in [4.78, 5) is 12.5. The van der Waals surface area contributed by atoms with Gasteiger partial charge in [0.1, 0.15) is 6.10 Å². The molecule has 5 atom stereocenters. The van der Waals surface area contributed by atoms with Crippen LogP contribution >= 0.6 is 0 Å². The Morgan fingerprint density at radius 1 is 1.08 bits per heavy atom. The largest absolute Gasteiger partial charge is 0.461 e. The van der Waals surface area contributed by atoms with E-state index in [-0.39, 0.29) is 35.8 Å². The lowest BCUT2D eigenvalue weighted by Gasteiger charge is -2.34. The second-order valence-electron chi connectivity index (χ2n) is 10.6. The molecule has 7 nitrogen and oxygen atoms in total. The van der Waals surface area contributed by atoms with Gasteiger partial charge in [0.25, 0.3) is 10.1 Å². The number of hydrogen-bond acceptors (Lipinski definition) is 7. The molecule has 0 saturated carbocycles. The first kappa shape index (κ1) is 28.8. The number of carbonyl (C=O) groups is 1. The van der Waals surface area contributed by atoms with E-state index in [0.717, 1.165) is 37.7 Å². The average Bonchev–Trinajstić information content (AvgIpc) is 2.78. The highest BCUT2D eigenvalue weighted by Gasteiger charge is 2.33. The van der Waals surface area contributed by atoms with Crippen molar-refractivity contribution in [2.45, 2.75) is 115 Å². The molecule has 1 aromatic rings. The molecule has 202 valence electrons.